The summed E-state index contributed by atoms with van der Waals surface area (Å²) < 4.78 is 0. The average molecular weight is 221 g/mol. The Hall–Kier alpha value is -1.47. The van der Waals surface area contributed by atoms with Gasteiger partial charge in [0.1, 0.15) is 5.75 Å². The zero-order valence-electron chi connectivity index (χ0n) is 8.57. The zero-order chi connectivity index (χ0) is 11.3. The number of rotatable bonds is 1. The normalized spacial score (nSPS) is 9.20. The number of aryl methyl sites for hydroxylation is 1. The van der Waals surface area contributed by atoms with E-state index in [4.69, 9.17) is 0 Å². The lowest BCUT2D eigenvalue weighted by molar-refractivity contribution is -0.109. The third-order valence-electron chi connectivity index (χ3n) is 1.57. The van der Waals surface area contributed by atoms with Gasteiger partial charge in [-0.05, 0) is 25.0 Å². The first-order valence-corrected chi connectivity index (χ1v) is 5.37. The maximum Gasteiger partial charge on any atom is 0.186 e. The Labute approximate surface area is 92.9 Å². The highest BCUT2D eigenvalue weighted by atomic mass is 32.2. The van der Waals surface area contributed by atoms with E-state index in [-0.39, 0.29) is 10.9 Å². The standard InChI is InChI=1S/C11H11NO2S/c1-8-5-6-11(14)10(12-8)4-3-7-15-9(2)13/h5-6,14H,7H2,1-2H3. The Balaban J connectivity index is 2.71. The van der Waals surface area contributed by atoms with Crippen LogP contribution in [0.15, 0.2) is 12.1 Å². The Morgan fingerprint density at radius 1 is 1.60 bits per heavy atom. The summed E-state index contributed by atoms with van der Waals surface area (Å²) in [6.07, 6.45) is 0. The second-order valence-corrected chi connectivity index (χ2v) is 4.05. The van der Waals surface area contributed by atoms with Gasteiger partial charge in [-0.25, -0.2) is 4.98 Å². The number of aromatic hydroxyl groups is 1. The number of carbonyl (C=O) groups is 1. The molecule has 0 spiro atoms. The van der Waals surface area contributed by atoms with Crippen LogP contribution in [0.4, 0.5) is 0 Å². The van der Waals surface area contributed by atoms with Crippen molar-refractivity contribution in [2.75, 3.05) is 5.75 Å². The molecule has 0 aromatic carbocycles. The fraction of sp³-hybridized carbons (Fsp3) is 0.273. The molecule has 4 heteroatoms. The van der Waals surface area contributed by atoms with E-state index in [9.17, 15) is 9.90 Å². The highest BCUT2D eigenvalue weighted by Gasteiger charge is 1.98. The number of hydrogen-bond donors (Lipinski definition) is 1. The van der Waals surface area contributed by atoms with Crippen molar-refractivity contribution >= 4 is 16.9 Å². The molecule has 3 nitrogen and oxygen atoms in total. The van der Waals surface area contributed by atoms with E-state index < -0.39 is 0 Å². The van der Waals surface area contributed by atoms with Crippen LogP contribution in [-0.4, -0.2) is 21.0 Å². The van der Waals surface area contributed by atoms with Gasteiger partial charge in [-0.15, -0.1) is 0 Å². The van der Waals surface area contributed by atoms with E-state index >= 15 is 0 Å². The number of carbonyl (C=O) groups excluding carboxylic acids is 1. The van der Waals surface area contributed by atoms with Crippen LogP contribution in [0.3, 0.4) is 0 Å². The second kappa shape index (κ2) is 5.42. The van der Waals surface area contributed by atoms with Crippen LogP contribution in [0.25, 0.3) is 0 Å². The van der Waals surface area contributed by atoms with Crippen molar-refractivity contribution in [1.29, 1.82) is 0 Å². The lowest BCUT2D eigenvalue weighted by Gasteiger charge is -1.96. The molecule has 1 aromatic heterocycles. The van der Waals surface area contributed by atoms with Gasteiger partial charge >= 0.3 is 0 Å². The Morgan fingerprint density at radius 3 is 3.00 bits per heavy atom. The summed E-state index contributed by atoms with van der Waals surface area (Å²) in [5.41, 5.74) is 1.16. The van der Waals surface area contributed by atoms with Gasteiger partial charge in [-0.1, -0.05) is 17.7 Å². The fourth-order valence-corrected chi connectivity index (χ4v) is 1.25. The summed E-state index contributed by atoms with van der Waals surface area (Å²) in [6.45, 7) is 3.32. The number of hydrogen-bond acceptors (Lipinski definition) is 4. The third kappa shape index (κ3) is 4.05. The molecule has 0 bridgehead atoms. The summed E-state index contributed by atoms with van der Waals surface area (Å²) in [4.78, 5) is 14.7. The molecule has 0 unspecified atom stereocenters. The summed E-state index contributed by atoms with van der Waals surface area (Å²) in [5.74, 6) is 5.99. The number of pyridine rings is 1. The lowest BCUT2D eigenvalue weighted by Crippen LogP contribution is -1.87. The van der Waals surface area contributed by atoms with Crippen molar-refractivity contribution in [3.05, 3.63) is 23.5 Å². The van der Waals surface area contributed by atoms with Gasteiger partial charge in [0.2, 0.25) is 0 Å². The lowest BCUT2D eigenvalue weighted by atomic mass is 10.3. The molecule has 0 fully saturated rings. The first-order valence-electron chi connectivity index (χ1n) is 4.38. The van der Waals surface area contributed by atoms with Crippen LogP contribution in [0, 0.1) is 18.8 Å². The summed E-state index contributed by atoms with van der Waals surface area (Å²) in [6, 6.07) is 3.27. The minimum atomic E-state index is 0.0331. The maximum atomic E-state index is 10.6. The Morgan fingerprint density at radius 2 is 2.33 bits per heavy atom. The molecular formula is C11H11NO2S. The minimum absolute atomic E-state index is 0.0331. The van der Waals surface area contributed by atoms with E-state index in [0.29, 0.717) is 11.4 Å². The van der Waals surface area contributed by atoms with Crippen LogP contribution < -0.4 is 0 Å². The Kier molecular flexibility index (Phi) is 4.19. The molecule has 0 saturated heterocycles. The van der Waals surface area contributed by atoms with Crippen molar-refractivity contribution in [1.82, 2.24) is 4.98 Å². The van der Waals surface area contributed by atoms with Gasteiger partial charge in [-0.2, -0.15) is 0 Å². The van der Waals surface area contributed by atoms with E-state index in [1.807, 2.05) is 6.92 Å². The number of nitrogens with zero attached hydrogens (tertiary/aromatic N) is 1. The van der Waals surface area contributed by atoms with Crippen molar-refractivity contribution in [2.45, 2.75) is 13.8 Å². The van der Waals surface area contributed by atoms with Crippen LogP contribution in [0.5, 0.6) is 5.75 Å². The van der Waals surface area contributed by atoms with Crippen molar-refractivity contribution in [3.63, 3.8) is 0 Å². The molecule has 1 rings (SSSR count). The molecule has 1 N–H and O–H groups in total. The molecule has 1 heterocycles. The molecule has 1 aromatic rings. The topological polar surface area (TPSA) is 50.2 Å². The summed E-state index contributed by atoms with van der Waals surface area (Å²) in [5, 5.41) is 9.44. The summed E-state index contributed by atoms with van der Waals surface area (Å²) in [7, 11) is 0. The SMILES string of the molecule is CC(=O)SCC#Cc1nc(C)ccc1O. The van der Waals surface area contributed by atoms with Crippen LogP contribution in [0.1, 0.15) is 18.3 Å². The quantitative estimate of drug-likeness (QED) is 0.734. The molecule has 78 valence electrons. The molecule has 0 aliphatic carbocycles. The van der Waals surface area contributed by atoms with E-state index in [1.54, 1.807) is 12.1 Å². The predicted octanol–water partition coefficient (Wildman–Crippen LogP) is 1.73. The van der Waals surface area contributed by atoms with E-state index in [0.717, 1.165) is 17.5 Å². The smallest absolute Gasteiger partial charge is 0.186 e. The van der Waals surface area contributed by atoms with E-state index in [1.165, 1.54) is 6.92 Å². The molecule has 0 amide bonds. The number of aromatic nitrogens is 1. The van der Waals surface area contributed by atoms with E-state index in [2.05, 4.69) is 16.8 Å². The second-order valence-electron chi connectivity index (χ2n) is 2.90. The largest absolute Gasteiger partial charge is 0.505 e. The van der Waals surface area contributed by atoms with Gasteiger partial charge in [0.25, 0.3) is 0 Å². The predicted molar refractivity (Wildman–Crippen MR) is 60.7 cm³/mol. The average Bonchev–Trinajstić information content (AvgIpc) is 2.17. The minimum Gasteiger partial charge on any atom is -0.505 e. The first kappa shape index (κ1) is 11.6. The molecule has 15 heavy (non-hydrogen) atoms. The van der Waals surface area contributed by atoms with Crippen LogP contribution in [-0.2, 0) is 4.79 Å². The third-order valence-corrected chi connectivity index (χ3v) is 2.26. The maximum absolute atomic E-state index is 10.6. The highest BCUT2D eigenvalue weighted by Crippen LogP contribution is 2.12. The van der Waals surface area contributed by atoms with Crippen molar-refractivity contribution in [2.24, 2.45) is 0 Å². The van der Waals surface area contributed by atoms with Gasteiger partial charge in [-0.3, -0.25) is 4.79 Å². The molecule has 0 aliphatic rings. The summed E-state index contributed by atoms with van der Waals surface area (Å²) >= 11 is 1.14. The van der Waals surface area contributed by atoms with Gasteiger partial charge < -0.3 is 5.11 Å². The van der Waals surface area contributed by atoms with Gasteiger partial charge in [0, 0.05) is 12.6 Å². The molecule has 0 radical (unpaired) electrons. The zero-order valence-corrected chi connectivity index (χ0v) is 9.39. The molecule has 0 atom stereocenters. The van der Waals surface area contributed by atoms with Gasteiger partial charge in [0.15, 0.2) is 10.8 Å². The monoisotopic (exact) mass is 221 g/mol. The number of thioether (sulfide) groups is 1. The van der Waals surface area contributed by atoms with Crippen molar-refractivity contribution < 1.29 is 9.90 Å². The Bertz CT molecular complexity index is 432. The molecular weight excluding hydrogens is 210 g/mol. The van der Waals surface area contributed by atoms with Crippen molar-refractivity contribution in [3.8, 4) is 17.6 Å². The van der Waals surface area contributed by atoms with Crippen LogP contribution >= 0.6 is 11.8 Å². The van der Waals surface area contributed by atoms with Gasteiger partial charge in [0.05, 0.1) is 5.75 Å². The highest BCUT2D eigenvalue weighted by molar-refractivity contribution is 8.13. The molecule has 0 saturated carbocycles. The first-order chi connectivity index (χ1) is 7.09. The van der Waals surface area contributed by atoms with Crippen LogP contribution in [0.2, 0.25) is 0 Å². The fourth-order valence-electron chi connectivity index (χ4n) is 0.899. The molecule has 0 aliphatic heterocycles.